The Labute approximate surface area is 160 Å². The van der Waals surface area contributed by atoms with Gasteiger partial charge in [-0.1, -0.05) is 27.2 Å². The van der Waals surface area contributed by atoms with Gasteiger partial charge in [0, 0.05) is 23.9 Å². The zero-order valence-corrected chi connectivity index (χ0v) is 16.9. The highest BCUT2D eigenvalue weighted by molar-refractivity contribution is 6.04. The van der Waals surface area contributed by atoms with Crippen LogP contribution in [0.3, 0.4) is 0 Å². The van der Waals surface area contributed by atoms with Crippen LogP contribution in [0, 0.1) is 35.0 Å². The number of aliphatic hydroxyl groups excluding tert-OH is 2. The average Bonchev–Trinajstić information content (AvgIpc) is 2.55. The Kier molecular flexibility index (Phi) is 4.63. The molecule has 4 saturated carbocycles. The van der Waals surface area contributed by atoms with Crippen LogP contribution in [0.25, 0.3) is 0 Å². The number of Topliss-reactive ketones (excluding diaryl/α,β-unsaturated/α-hetero) is 1. The van der Waals surface area contributed by atoms with Crippen molar-refractivity contribution in [1.82, 2.24) is 0 Å². The molecule has 0 aromatic carbocycles. The average molecular weight is 382 g/mol. The van der Waals surface area contributed by atoms with E-state index in [1.165, 1.54) is 6.92 Å². The number of carbonyl (C=O) groups is 1. The van der Waals surface area contributed by atoms with Crippen molar-refractivity contribution in [3.8, 4) is 0 Å². The molecule has 4 aliphatic carbocycles. The molecule has 4 aliphatic rings. The molecular weight excluding hydrogens is 348 g/mol. The van der Waals surface area contributed by atoms with E-state index in [1.54, 1.807) is 6.92 Å². The molecule has 0 amide bonds. The summed E-state index contributed by atoms with van der Waals surface area (Å²) in [6.45, 7) is 8.70. The third kappa shape index (κ3) is 2.30. The summed E-state index contributed by atoms with van der Waals surface area (Å²) in [5, 5.41) is 54.1. The van der Waals surface area contributed by atoms with Crippen LogP contribution in [0.5, 0.6) is 0 Å². The Bertz CT molecular complexity index is 664. The van der Waals surface area contributed by atoms with E-state index in [4.69, 9.17) is 0 Å². The highest BCUT2D eigenvalue weighted by Crippen LogP contribution is 2.71. The van der Waals surface area contributed by atoms with Crippen molar-refractivity contribution in [2.24, 2.45) is 35.0 Å². The van der Waals surface area contributed by atoms with Crippen LogP contribution in [0.1, 0.15) is 53.9 Å². The molecule has 0 radical (unpaired) electrons. The maximum Gasteiger partial charge on any atom is 0.171 e. The summed E-state index contributed by atoms with van der Waals surface area (Å²) in [6.07, 6.45) is 1.92. The molecule has 6 nitrogen and oxygen atoms in total. The van der Waals surface area contributed by atoms with Crippen molar-refractivity contribution in [2.45, 2.75) is 70.7 Å². The molecule has 0 heterocycles. The minimum atomic E-state index is -1.98. The van der Waals surface area contributed by atoms with Gasteiger partial charge in [-0.3, -0.25) is 4.79 Å². The summed E-state index contributed by atoms with van der Waals surface area (Å²) in [7, 11) is 0. The van der Waals surface area contributed by atoms with Gasteiger partial charge in [0.1, 0.15) is 5.60 Å². The summed E-state index contributed by atoms with van der Waals surface area (Å²) >= 11 is 0. The Balaban J connectivity index is 2.32. The van der Waals surface area contributed by atoms with Crippen LogP contribution >= 0.6 is 0 Å². The maximum atomic E-state index is 13.5. The molecule has 0 saturated heterocycles. The fourth-order valence-electron chi connectivity index (χ4n) is 7.53. The van der Waals surface area contributed by atoms with E-state index < -0.39 is 34.1 Å². The molecule has 0 spiro atoms. The van der Waals surface area contributed by atoms with Gasteiger partial charge in [0.2, 0.25) is 0 Å². The van der Waals surface area contributed by atoms with E-state index in [2.05, 4.69) is 0 Å². The van der Waals surface area contributed by atoms with Crippen LogP contribution in [-0.4, -0.2) is 54.7 Å². The third-order valence-electron chi connectivity index (χ3n) is 8.22. The quantitative estimate of drug-likeness (QED) is 0.373. The smallest absolute Gasteiger partial charge is 0.171 e. The monoisotopic (exact) mass is 382 g/mol. The lowest BCUT2D eigenvalue weighted by Gasteiger charge is -2.72. The minimum Gasteiger partial charge on any atom is -0.515 e. The largest absolute Gasteiger partial charge is 0.515 e. The highest BCUT2D eigenvalue weighted by Gasteiger charge is 2.79. The number of aliphatic hydroxyl groups is 5. The Morgan fingerprint density at radius 1 is 1.19 bits per heavy atom. The van der Waals surface area contributed by atoms with E-state index in [1.807, 2.05) is 20.8 Å². The van der Waals surface area contributed by atoms with Crippen molar-refractivity contribution in [3.05, 3.63) is 11.8 Å². The molecule has 0 unspecified atom stereocenters. The molecule has 0 aromatic heterocycles. The number of hydrogen-bond donors (Lipinski definition) is 5. The topological polar surface area (TPSA) is 118 Å². The number of fused-ring (bicyclic) bond motifs is 2. The van der Waals surface area contributed by atoms with E-state index >= 15 is 0 Å². The van der Waals surface area contributed by atoms with Crippen molar-refractivity contribution in [3.63, 3.8) is 0 Å². The fourth-order valence-corrected chi connectivity index (χ4v) is 7.53. The van der Waals surface area contributed by atoms with Gasteiger partial charge in [0.25, 0.3) is 0 Å². The highest BCUT2D eigenvalue weighted by atomic mass is 16.4. The van der Waals surface area contributed by atoms with Crippen LogP contribution < -0.4 is 0 Å². The van der Waals surface area contributed by atoms with Crippen LogP contribution in [0.4, 0.5) is 0 Å². The number of rotatable bonds is 3. The molecule has 5 N–H and O–H groups in total. The predicted molar refractivity (Wildman–Crippen MR) is 99.8 cm³/mol. The molecule has 4 rings (SSSR count). The maximum absolute atomic E-state index is 13.5. The SMILES string of the molecule is CC[C@H](CO)[C@@H]1[C@]2(C)C(=O)/C(=C\O)[C@@](O)([C@@H]3C[C@](C)(O)C[C@@H](C)[C@@H]32)[C@]1(C)O. The lowest BCUT2D eigenvalue weighted by atomic mass is 9.33. The predicted octanol–water partition coefficient (Wildman–Crippen LogP) is 1.56. The second-order valence-electron chi connectivity index (χ2n) is 9.91. The Hall–Kier alpha value is -0.950. The Morgan fingerprint density at radius 3 is 2.26 bits per heavy atom. The van der Waals surface area contributed by atoms with Gasteiger partial charge >= 0.3 is 0 Å². The number of carbonyl (C=O) groups excluding carboxylic acids is 1. The van der Waals surface area contributed by atoms with Gasteiger partial charge < -0.3 is 25.5 Å². The van der Waals surface area contributed by atoms with E-state index in [-0.39, 0.29) is 42.1 Å². The van der Waals surface area contributed by atoms with Crippen LogP contribution in [0.15, 0.2) is 11.8 Å². The summed E-state index contributed by atoms with van der Waals surface area (Å²) in [5.74, 6) is -2.27. The molecule has 9 atom stereocenters. The summed E-state index contributed by atoms with van der Waals surface area (Å²) in [5.41, 5.74) is -5.97. The number of ketones is 1. The van der Waals surface area contributed by atoms with Crippen molar-refractivity contribution >= 4 is 5.78 Å². The third-order valence-corrected chi connectivity index (χ3v) is 8.22. The molecule has 6 heteroatoms. The molecule has 0 aromatic rings. The van der Waals surface area contributed by atoms with Crippen LogP contribution in [0.2, 0.25) is 0 Å². The van der Waals surface area contributed by atoms with Crippen molar-refractivity contribution in [1.29, 1.82) is 0 Å². The molecule has 4 fully saturated rings. The lowest BCUT2D eigenvalue weighted by Crippen LogP contribution is -2.82. The number of hydrogen-bond acceptors (Lipinski definition) is 6. The molecular formula is C21H34O6. The molecule has 154 valence electrons. The molecule has 0 aliphatic heterocycles. The van der Waals surface area contributed by atoms with E-state index in [0.29, 0.717) is 19.1 Å². The summed E-state index contributed by atoms with van der Waals surface area (Å²) < 4.78 is 0. The van der Waals surface area contributed by atoms with Gasteiger partial charge in [0.15, 0.2) is 5.78 Å². The standard InChI is InChI=1S/C21H34O6/c1-6-12(9-22)16-19(4)15-11(2)7-18(3,25)8-13(15)21(27,20(16,5)26)14(10-23)17(19)24/h10-13,15-16,22-23,25-27H,6-9H2,1-5H3/b14-10+/t11-,12-,13-,15+,16-,18-,19-,20-,21+/m1/s1. The first-order valence-corrected chi connectivity index (χ1v) is 10.0. The van der Waals surface area contributed by atoms with Gasteiger partial charge in [-0.25, -0.2) is 0 Å². The fraction of sp³-hybridized carbons (Fsp3) is 0.857. The normalized spacial score (nSPS) is 54.9. The van der Waals surface area contributed by atoms with Gasteiger partial charge in [-0.2, -0.15) is 0 Å². The van der Waals surface area contributed by atoms with Crippen molar-refractivity contribution < 1.29 is 30.3 Å². The molecule has 2 bridgehead atoms. The van der Waals surface area contributed by atoms with Crippen molar-refractivity contribution in [2.75, 3.05) is 6.61 Å². The summed E-state index contributed by atoms with van der Waals surface area (Å²) in [6, 6.07) is 0. The first-order chi connectivity index (χ1) is 12.3. The second-order valence-corrected chi connectivity index (χ2v) is 9.91. The van der Waals surface area contributed by atoms with Gasteiger partial charge in [-0.15, -0.1) is 0 Å². The lowest BCUT2D eigenvalue weighted by molar-refractivity contribution is -0.304. The van der Waals surface area contributed by atoms with Gasteiger partial charge in [0.05, 0.1) is 23.0 Å². The van der Waals surface area contributed by atoms with E-state index in [9.17, 15) is 30.3 Å². The first kappa shape index (κ1) is 20.8. The van der Waals surface area contributed by atoms with E-state index in [0.717, 1.165) is 0 Å². The van der Waals surface area contributed by atoms with Crippen LogP contribution in [-0.2, 0) is 4.79 Å². The minimum absolute atomic E-state index is 0.0609. The second kappa shape index (κ2) is 6.02. The van der Waals surface area contributed by atoms with Gasteiger partial charge in [-0.05, 0) is 44.4 Å². The zero-order chi connectivity index (χ0) is 20.6. The Morgan fingerprint density at radius 2 is 1.78 bits per heavy atom. The zero-order valence-electron chi connectivity index (χ0n) is 16.9. The molecule has 27 heavy (non-hydrogen) atoms. The first-order valence-electron chi connectivity index (χ1n) is 10.0. The summed E-state index contributed by atoms with van der Waals surface area (Å²) in [4.78, 5) is 13.5.